The lowest BCUT2D eigenvalue weighted by atomic mass is 10.1. The van der Waals surface area contributed by atoms with Crippen molar-refractivity contribution in [1.29, 1.82) is 0 Å². The van der Waals surface area contributed by atoms with Crippen LogP contribution in [0.1, 0.15) is 17.2 Å². The number of thiazole rings is 1. The topological polar surface area (TPSA) is 59.1 Å². The molecular formula is C7H12N2OS. The van der Waals surface area contributed by atoms with Crippen LogP contribution < -0.4 is 5.73 Å². The highest BCUT2D eigenvalue weighted by Gasteiger charge is 2.09. The molecule has 0 radical (unpaired) electrons. The summed E-state index contributed by atoms with van der Waals surface area (Å²) in [6.45, 7) is 0.780. The molecule has 1 rings (SSSR count). The number of rotatable bonds is 4. The lowest BCUT2D eigenvalue weighted by Gasteiger charge is -2.08. The number of nitrogens with two attached hydrogens (primary N) is 1. The van der Waals surface area contributed by atoms with Crippen molar-refractivity contribution in [2.75, 3.05) is 13.2 Å². The molecule has 11 heavy (non-hydrogen) atoms. The van der Waals surface area contributed by atoms with Crippen LogP contribution in [0.4, 0.5) is 0 Å². The minimum atomic E-state index is 0.194. The van der Waals surface area contributed by atoms with Gasteiger partial charge < -0.3 is 10.8 Å². The maximum absolute atomic E-state index is 8.70. The molecule has 0 aliphatic heterocycles. The van der Waals surface area contributed by atoms with Gasteiger partial charge in [0.15, 0.2) is 0 Å². The van der Waals surface area contributed by atoms with Crippen LogP contribution in [0.3, 0.4) is 0 Å². The van der Waals surface area contributed by atoms with Gasteiger partial charge in [-0.05, 0) is 6.42 Å². The van der Waals surface area contributed by atoms with Crippen molar-refractivity contribution in [3.05, 3.63) is 16.6 Å². The molecule has 0 spiro atoms. The highest BCUT2D eigenvalue weighted by molar-refractivity contribution is 7.09. The Morgan fingerprint density at radius 2 is 2.55 bits per heavy atom. The van der Waals surface area contributed by atoms with Crippen molar-refractivity contribution in [3.63, 3.8) is 0 Å². The fraction of sp³-hybridized carbons (Fsp3) is 0.571. The summed E-state index contributed by atoms with van der Waals surface area (Å²) in [6.07, 6.45) is 2.55. The first kappa shape index (κ1) is 8.64. The van der Waals surface area contributed by atoms with E-state index < -0.39 is 0 Å². The second kappa shape index (κ2) is 4.43. The molecule has 0 saturated heterocycles. The zero-order valence-electron chi connectivity index (χ0n) is 6.23. The fourth-order valence-corrected chi connectivity index (χ4v) is 1.73. The quantitative estimate of drug-likeness (QED) is 0.698. The molecule has 1 heterocycles. The van der Waals surface area contributed by atoms with Crippen molar-refractivity contribution >= 4 is 11.3 Å². The average molecular weight is 172 g/mol. The average Bonchev–Trinajstić information content (AvgIpc) is 2.52. The third-order valence-corrected chi connectivity index (χ3v) is 2.55. The Bertz CT molecular complexity index is 188. The molecule has 0 saturated carbocycles. The van der Waals surface area contributed by atoms with Crippen LogP contribution in [0.25, 0.3) is 0 Å². The molecule has 0 aliphatic carbocycles. The predicted octanol–water partition coefficient (Wildman–Crippen LogP) is 0.568. The van der Waals surface area contributed by atoms with E-state index in [9.17, 15) is 0 Å². The highest BCUT2D eigenvalue weighted by Crippen LogP contribution is 2.21. The molecule has 1 aromatic heterocycles. The Kier molecular flexibility index (Phi) is 3.48. The predicted molar refractivity (Wildman–Crippen MR) is 45.6 cm³/mol. The standard InChI is InChI=1S/C7H12N2OS/c8-3-6(1-2-10)7-4-9-5-11-7/h4-6,10H,1-3,8H2. The molecule has 1 atom stereocenters. The molecule has 1 aromatic rings. The molecule has 0 aliphatic rings. The van der Waals surface area contributed by atoms with Gasteiger partial charge in [0.25, 0.3) is 0 Å². The molecule has 1 unspecified atom stereocenters. The summed E-state index contributed by atoms with van der Waals surface area (Å²) < 4.78 is 0. The lowest BCUT2D eigenvalue weighted by molar-refractivity contribution is 0.277. The van der Waals surface area contributed by atoms with Crippen LogP contribution in [-0.4, -0.2) is 23.2 Å². The van der Waals surface area contributed by atoms with Crippen LogP contribution in [0.15, 0.2) is 11.7 Å². The second-order valence-corrected chi connectivity index (χ2v) is 3.27. The molecule has 4 heteroatoms. The van der Waals surface area contributed by atoms with E-state index in [-0.39, 0.29) is 12.5 Å². The fourth-order valence-electron chi connectivity index (χ4n) is 0.959. The van der Waals surface area contributed by atoms with E-state index in [0.717, 1.165) is 6.42 Å². The Hall–Kier alpha value is -0.450. The smallest absolute Gasteiger partial charge is 0.0794 e. The summed E-state index contributed by atoms with van der Waals surface area (Å²) in [5.74, 6) is 0.285. The number of aliphatic hydroxyl groups excluding tert-OH is 1. The Morgan fingerprint density at radius 3 is 3.00 bits per heavy atom. The summed E-state index contributed by atoms with van der Waals surface area (Å²) in [7, 11) is 0. The summed E-state index contributed by atoms with van der Waals surface area (Å²) in [5, 5.41) is 8.70. The molecule has 0 fully saturated rings. The largest absolute Gasteiger partial charge is 0.396 e. The van der Waals surface area contributed by atoms with Crippen molar-refractivity contribution < 1.29 is 5.11 Å². The Labute approximate surface area is 69.9 Å². The Morgan fingerprint density at radius 1 is 1.73 bits per heavy atom. The van der Waals surface area contributed by atoms with Gasteiger partial charge >= 0.3 is 0 Å². The minimum absolute atomic E-state index is 0.194. The lowest BCUT2D eigenvalue weighted by Crippen LogP contribution is -2.12. The highest BCUT2D eigenvalue weighted by atomic mass is 32.1. The summed E-state index contributed by atoms with van der Waals surface area (Å²) in [5.41, 5.74) is 7.30. The number of aromatic nitrogens is 1. The van der Waals surface area contributed by atoms with Gasteiger partial charge in [-0.2, -0.15) is 0 Å². The molecule has 3 N–H and O–H groups in total. The van der Waals surface area contributed by atoms with Crippen LogP contribution in [0, 0.1) is 0 Å². The van der Waals surface area contributed by atoms with E-state index >= 15 is 0 Å². The number of hydrogen-bond donors (Lipinski definition) is 2. The summed E-state index contributed by atoms with van der Waals surface area (Å²) >= 11 is 1.59. The van der Waals surface area contributed by atoms with Crippen LogP contribution in [-0.2, 0) is 0 Å². The summed E-state index contributed by atoms with van der Waals surface area (Å²) in [6, 6.07) is 0. The number of nitrogens with zero attached hydrogens (tertiary/aromatic N) is 1. The van der Waals surface area contributed by atoms with Crippen LogP contribution >= 0.6 is 11.3 Å². The van der Waals surface area contributed by atoms with E-state index in [4.69, 9.17) is 10.8 Å². The van der Waals surface area contributed by atoms with Crippen LogP contribution in [0.2, 0.25) is 0 Å². The van der Waals surface area contributed by atoms with E-state index in [2.05, 4.69) is 4.98 Å². The van der Waals surface area contributed by atoms with E-state index in [1.54, 1.807) is 16.8 Å². The van der Waals surface area contributed by atoms with Crippen molar-refractivity contribution in [2.24, 2.45) is 5.73 Å². The zero-order valence-corrected chi connectivity index (χ0v) is 7.05. The minimum Gasteiger partial charge on any atom is -0.396 e. The van der Waals surface area contributed by atoms with Crippen molar-refractivity contribution in [3.8, 4) is 0 Å². The van der Waals surface area contributed by atoms with Crippen molar-refractivity contribution in [1.82, 2.24) is 4.98 Å². The van der Waals surface area contributed by atoms with E-state index in [1.165, 1.54) is 4.88 Å². The van der Waals surface area contributed by atoms with Gasteiger partial charge in [-0.25, -0.2) is 0 Å². The number of aliphatic hydroxyl groups is 1. The monoisotopic (exact) mass is 172 g/mol. The third kappa shape index (κ3) is 2.25. The first-order chi connectivity index (χ1) is 5.38. The first-order valence-corrected chi connectivity index (χ1v) is 4.45. The molecule has 0 bridgehead atoms. The first-order valence-electron chi connectivity index (χ1n) is 3.57. The van der Waals surface area contributed by atoms with Crippen LogP contribution in [0.5, 0.6) is 0 Å². The summed E-state index contributed by atoms with van der Waals surface area (Å²) in [4.78, 5) is 5.12. The molecule has 3 nitrogen and oxygen atoms in total. The van der Waals surface area contributed by atoms with Gasteiger partial charge in [-0.15, -0.1) is 11.3 Å². The van der Waals surface area contributed by atoms with E-state index in [1.807, 2.05) is 6.20 Å². The van der Waals surface area contributed by atoms with Gasteiger partial charge in [-0.1, -0.05) is 0 Å². The zero-order chi connectivity index (χ0) is 8.10. The second-order valence-electron chi connectivity index (χ2n) is 2.35. The molecular weight excluding hydrogens is 160 g/mol. The van der Waals surface area contributed by atoms with Gasteiger partial charge in [0, 0.05) is 30.1 Å². The maximum atomic E-state index is 8.70. The van der Waals surface area contributed by atoms with Gasteiger partial charge in [0.05, 0.1) is 5.51 Å². The SMILES string of the molecule is NCC(CCO)c1cncs1. The third-order valence-electron chi connectivity index (χ3n) is 1.62. The molecule has 0 aromatic carbocycles. The van der Waals surface area contributed by atoms with Gasteiger partial charge in [0.1, 0.15) is 0 Å². The van der Waals surface area contributed by atoms with Crippen molar-refractivity contribution in [2.45, 2.75) is 12.3 Å². The Balaban J connectivity index is 2.56. The van der Waals surface area contributed by atoms with Gasteiger partial charge in [-0.3, -0.25) is 4.98 Å². The van der Waals surface area contributed by atoms with Gasteiger partial charge in [0.2, 0.25) is 0 Å². The normalized spacial score (nSPS) is 13.3. The number of hydrogen-bond acceptors (Lipinski definition) is 4. The maximum Gasteiger partial charge on any atom is 0.0794 e. The molecule has 0 amide bonds. The molecule has 62 valence electrons. The van der Waals surface area contributed by atoms with E-state index in [0.29, 0.717) is 6.54 Å².